The Morgan fingerprint density at radius 1 is 1.19 bits per heavy atom. The number of likely N-dealkylation sites (N-methyl/N-ethyl adjacent to an activating group) is 1. The van der Waals surface area contributed by atoms with Crippen LogP contribution in [0.5, 0.6) is 5.75 Å². The lowest BCUT2D eigenvalue weighted by Crippen LogP contribution is -2.31. The van der Waals surface area contributed by atoms with Crippen LogP contribution in [0.15, 0.2) is 69.4 Å². The summed E-state index contributed by atoms with van der Waals surface area (Å²) in [4.78, 5) is 24.6. The maximum atomic E-state index is 12.1. The van der Waals surface area contributed by atoms with E-state index in [-0.39, 0.29) is 11.8 Å². The van der Waals surface area contributed by atoms with Crippen LogP contribution in [0.1, 0.15) is 71.9 Å². The number of carbonyl (C=O) groups excluding carboxylic acids is 1. The Morgan fingerprint density at radius 2 is 1.97 bits per heavy atom. The van der Waals surface area contributed by atoms with Gasteiger partial charge >= 0.3 is 0 Å². The molecule has 0 radical (unpaired) electrons. The fourth-order valence-corrected chi connectivity index (χ4v) is 4.27. The molecule has 0 fully saturated rings. The normalized spacial score (nSPS) is 20.7. The molecule has 192 valence electrons. The highest BCUT2D eigenvalue weighted by atomic mass is 16.5. The number of nitrogens with zero attached hydrogens (tertiary/aromatic N) is 3. The van der Waals surface area contributed by atoms with Gasteiger partial charge < -0.3 is 4.74 Å². The highest BCUT2D eigenvalue weighted by Crippen LogP contribution is 2.28. The Hall–Kier alpha value is -3.05. The molecule has 0 aromatic heterocycles. The number of hydrogen-bond acceptors (Lipinski definition) is 5. The SMILES string of the molecule is CC/C(C)=C(\C)Oc1cc(/C(=C/C(C)=O)N=C2C=CC(C3=CCN(CC)CC3)=NC2CC)ccc1C. The van der Waals surface area contributed by atoms with E-state index in [2.05, 4.69) is 50.8 Å². The second-order valence-corrected chi connectivity index (χ2v) is 9.59. The average Bonchev–Trinajstić information content (AvgIpc) is 2.89. The molecule has 5 nitrogen and oxygen atoms in total. The molecule has 0 N–H and O–H groups in total. The van der Waals surface area contributed by atoms with Crippen molar-refractivity contribution >= 4 is 22.9 Å². The van der Waals surface area contributed by atoms with Gasteiger partial charge in [0.2, 0.25) is 0 Å². The van der Waals surface area contributed by atoms with Crippen molar-refractivity contribution in [1.82, 2.24) is 4.90 Å². The summed E-state index contributed by atoms with van der Waals surface area (Å²) in [6.45, 7) is 17.2. The predicted octanol–water partition coefficient (Wildman–Crippen LogP) is 6.89. The minimum Gasteiger partial charge on any atom is -0.462 e. The maximum absolute atomic E-state index is 12.1. The zero-order chi connectivity index (χ0) is 26.2. The van der Waals surface area contributed by atoms with Gasteiger partial charge in [0.1, 0.15) is 5.75 Å². The van der Waals surface area contributed by atoms with Gasteiger partial charge in [0.25, 0.3) is 0 Å². The third kappa shape index (κ3) is 7.01. The lowest BCUT2D eigenvalue weighted by molar-refractivity contribution is -0.112. The van der Waals surface area contributed by atoms with E-state index in [1.165, 1.54) is 11.1 Å². The molecule has 0 saturated carbocycles. The first-order valence-corrected chi connectivity index (χ1v) is 13.2. The fraction of sp³-hybridized carbons (Fsp3) is 0.452. The van der Waals surface area contributed by atoms with Gasteiger partial charge in [-0.05, 0) is 88.4 Å². The third-order valence-electron chi connectivity index (χ3n) is 6.97. The monoisotopic (exact) mass is 487 g/mol. The van der Waals surface area contributed by atoms with Gasteiger partial charge in [-0.2, -0.15) is 0 Å². The molecule has 0 saturated heterocycles. The summed E-state index contributed by atoms with van der Waals surface area (Å²) >= 11 is 0. The average molecular weight is 488 g/mol. The summed E-state index contributed by atoms with van der Waals surface area (Å²) < 4.78 is 6.20. The van der Waals surface area contributed by atoms with Crippen molar-refractivity contribution in [3.05, 3.63) is 70.5 Å². The van der Waals surface area contributed by atoms with Crippen LogP contribution in [-0.2, 0) is 4.79 Å². The van der Waals surface area contributed by atoms with E-state index < -0.39 is 0 Å². The van der Waals surface area contributed by atoms with Crippen molar-refractivity contribution in [3.8, 4) is 5.75 Å². The Bertz CT molecular complexity index is 1160. The quantitative estimate of drug-likeness (QED) is 0.281. The van der Waals surface area contributed by atoms with E-state index in [9.17, 15) is 4.79 Å². The van der Waals surface area contributed by atoms with Crippen molar-refractivity contribution in [1.29, 1.82) is 0 Å². The molecule has 0 bridgehead atoms. The number of ether oxygens (including phenoxy) is 1. The van der Waals surface area contributed by atoms with Crippen molar-refractivity contribution in [2.75, 3.05) is 19.6 Å². The number of dihydropyridines is 1. The van der Waals surface area contributed by atoms with Crippen LogP contribution in [-0.4, -0.2) is 47.8 Å². The highest BCUT2D eigenvalue weighted by Gasteiger charge is 2.21. The Labute approximate surface area is 217 Å². The van der Waals surface area contributed by atoms with E-state index in [1.807, 2.05) is 32.0 Å². The van der Waals surface area contributed by atoms with Crippen molar-refractivity contribution in [2.45, 2.75) is 73.8 Å². The predicted molar refractivity (Wildman–Crippen MR) is 152 cm³/mol. The lowest BCUT2D eigenvalue weighted by Gasteiger charge is -2.26. The summed E-state index contributed by atoms with van der Waals surface area (Å²) in [5, 5.41) is 0. The molecule has 5 heteroatoms. The fourth-order valence-electron chi connectivity index (χ4n) is 4.27. The zero-order valence-corrected chi connectivity index (χ0v) is 23.0. The summed E-state index contributed by atoms with van der Waals surface area (Å²) in [5.74, 6) is 1.65. The molecular formula is C31H41N3O2. The molecule has 0 aliphatic carbocycles. The topological polar surface area (TPSA) is 54.3 Å². The van der Waals surface area contributed by atoms with E-state index in [1.54, 1.807) is 13.0 Å². The molecule has 2 aliphatic rings. The van der Waals surface area contributed by atoms with Gasteiger partial charge in [0, 0.05) is 24.7 Å². The lowest BCUT2D eigenvalue weighted by atomic mass is 9.97. The molecule has 36 heavy (non-hydrogen) atoms. The second-order valence-electron chi connectivity index (χ2n) is 9.59. The summed E-state index contributed by atoms with van der Waals surface area (Å²) in [5.41, 5.74) is 6.99. The van der Waals surface area contributed by atoms with Gasteiger partial charge in [-0.3, -0.25) is 19.7 Å². The van der Waals surface area contributed by atoms with E-state index in [0.29, 0.717) is 5.70 Å². The number of rotatable bonds is 9. The molecule has 0 spiro atoms. The minimum absolute atomic E-state index is 0.0380. The number of carbonyl (C=O) groups is 1. The number of hydrogen-bond donors (Lipinski definition) is 0. The van der Waals surface area contributed by atoms with Crippen molar-refractivity contribution in [3.63, 3.8) is 0 Å². The number of aryl methyl sites for hydroxylation is 1. The zero-order valence-electron chi connectivity index (χ0n) is 23.0. The van der Waals surface area contributed by atoms with E-state index in [0.717, 1.165) is 73.0 Å². The van der Waals surface area contributed by atoms with Crippen LogP contribution < -0.4 is 4.74 Å². The van der Waals surface area contributed by atoms with Crippen LogP contribution in [0.3, 0.4) is 0 Å². The molecule has 1 aromatic carbocycles. The first-order valence-electron chi connectivity index (χ1n) is 13.2. The van der Waals surface area contributed by atoms with Crippen LogP contribution in [0.25, 0.3) is 5.70 Å². The van der Waals surface area contributed by atoms with Crippen LogP contribution in [0, 0.1) is 6.92 Å². The number of aliphatic imine (C=N–C) groups is 2. The number of allylic oxidation sites excluding steroid dienone is 4. The smallest absolute Gasteiger partial charge is 0.154 e. The molecule has 2 heterocycles. The molecule has 1 unspecified atom stereocenters. The molecule has 1 aromatic rings. The Kier molecular flexibility index (Phi) is 9.77. The van der Waals surface area contributed by atoms with Crippen molar-refractivity contribution < 1.29 is 9.53 Å². The van der Waals surface area contributed by atoms with E-state index in [4.69, 9.17) is 14.7 Å². The van der Waals surface area contributed by atoms with Crippen LogP contribution in [0.2, 0.25) is 0 Å². The van der Waals surface area contributed by atoms with E-state index >= 15 is 0 Å². The summed E-state index contributed by atoms with van der Waals surface area (Å²) in [7, 11) is 0. The standard InChI is InChI=1S/C31H41N3O2/c1-8-21(4)24(7)36-31-20-26(12-11-22(31)5)30(19-23(6)35)33-29-14-13-28(32-27(29)9-2)25-15-17-34(10-3)18-16-25/h11-15,19-20,27H,8-10,16-18H2,1-7H3/b24-21+,30-19-,33-29?. The molecule has 3 rings (SSSR count). The number of ketones is 1. The van der Waals surface area contributed by atoms with Crippen LogP contribution >= 0.6 is 0 Å². The van der Waals surface area contributed by atoms with Gasteiger partial charge in [0.15, 0.2) is 5.78 Å². The molecule has 0 amide bonds. The Balaban J connectivity index is 1.93. The third-order valence-corrected chi connectivity index (χ3v) is 6.97. The minimum atomic E-state index is -0.0415. The van der Waals surface area contributed by atoms with Gasteiger partial charge in [0.05, 0.1) is 28.9 Å². The molecular weight excluding hydrogens is 446 g/mol. The van der Waals surface area contributed by atoms with Gasteiger partial charge in [-0.1, -0.05) is 39.0 Å². The summed E-state index contributed by atoms with van der Waals surface area (Å²) in [6, 6.07) is 5.97. The Morgan fingerprint density at radius 3 is 2.58 bits per heavy atom. The van der Waals surface area contributed by atoms with Gasteiger partial charge in [-0.15, -0.1) is 0 Å². The molecule has 1 atom stereocenters. The van der Waals surface area contributed by atoms with Crippen LogP contribution in [0.4, 0.5) is 0 Å². The molecule has 2 aliphatic heterocycles. The first-order chi connectivity index (χ1) is 17.2. The van der Waals surface area contributed by atoms with Crippen molar-refractivity contribution in [2.24, 2.45) is 9.98 Å². The van der Waals surface area contributed by atoms with Gasteiger partial charge in [-0.25, -0.2) is 0 Å². The summed E-state index contributed by atoms with van der Waals surface area (Å²) in [6.07, 6.45) is 10.9. The maximum Gasteiger partial charge on any atom is 0.154 e. The first kappa shape index (κ1) is 27.5. The largest absolute Gasteiger partial charge is 0.462 e. The highest BCUT2D eigenvalue weighted by molar-refractivity contribution is 6.17. The second kappa shape index (κ2) is 12.8. The number of benzene rings is 1.